The van der Waals surface area contributed by atoms with E-state index in [0.717, 1.165) is 15.7 Å². The summed E-state index contributed by atoms with van der Waals surface area (Å²) in [4.78, 5) is 12.5. The van der Waals surface area contributed by atoms with Crippen LogP contribution in [0.2, 0.25) is 0 Å². The van der Waals surface area contributed by atoms with Crippen LogP contribution in [0, 0.1) is 0 Å². The monoisotopic (exact) mass is 414 g/mol. The molecule has 0 N–H and O–H groups in total. The molecule has 0 aliphatic carbocycles. The van der Waals surface area contributed by atoms with Crippen LogP contribution in [0.15, 0.2) is 64.6 Å². The van der Waals surface area contributed by atoms with Crippen LogP contribution in [0.5, 0.6) is 0 Å². The molecule has 0 spiro atoms. The molecule has 0 radical (unpaired) electrons. The van der Waals surface area contributed by atoms with E-state index in [2.05, 4.69) is 10.2 Å². The van der Waals surface area contributed by atoms with Crippen molar-refractivity contribution >= 4 is 27.7 Å². The second-order valence-electron chi connectivity index (χ2n) is 6.14. The smallest absolute Gasteiger partial charge is 0.269 e. The second kappa shape index (κ2) is 7.40. The SMILES string of the molecule is CCn1c(SCCN2C(=O)c3ccccc3S2(=O)=O)nnc1-c1ccccc1. The van der Waals surface area contributed by atoms with E-state index < -0.39 is 15.9 Å². The molecule has 1 aliphatic rings. The predicted octanol–water partition coefficient (Wildman–Crippen LogP) is 2.90. The standard InChI is InChI=1S/C19H18N4O3S2/c1-2-22-17(14-8-4-3-5-9-14)20-21-19(22)27-13-12-23-18(24)15-10-6-7-11-16(15)28(23,25)26/h3-11H,2,12-13H2,1H3. The molecule has 0 unspecified atom stereocenters. The molecule has 3 aromatic rings. The van der Waals surface area contributed by atoms with Gasteiger partial charge in [-0.05, 0) is 19.1 Å². The molecular formula is C19H18N4O3S2. The molecule has 4 rings (SSSR count). The van der Waals surface area contributed by atoms with Crippen LogP contribution in [0.4, 0.5) is 0 Å². The Bertz CT molecular complexity index is 1130. The van der Waals surface area contributed by atoms with Gasteiger partial charge < -0.3 is 4.57 Å². The highest BCUT2D eigenvalue weighted by molar-refractivity contribution is 7.99. The Labute approximate surface area is 167 Å². The number of hydrogen-bond acceptors (Lipinski definition) is 6. The van der Waals surface area contributed by atoms with Crippen molar-refractivity contribution in [2.24, 2.45) is 0 Å². The molecule has 0 fully saturated rings. The van der Waals surface area contributed by atoms with Gasteiger partial charge in [-0.25, -0.2) is 12.7 Å². The van der Waals surface area contributed by atoms with Crippen molar-refractivity contribution in [1.29, 1.82) is 0 Å². The van der Waals surface area contributed by atoms with Gasteiger partial charge in [0, 0.05) is 24.4 Å². The van der Waals surface area contributed by atoms with E-state index >= 15 is 0 Å². The van der Waals surface area contributed by atoms with Gasteiger partial charge in [0.1, 0.15) is 4.90 Å². The van der Waals surface area contributed by atoms with Crippen molar-refractivity contribution in [2.45, 2.75) is 23.5 Å². The average Bonchev–Trinajstić information content (AvgIpc) is 3.21. The third-order valence-corrected chi connectivity index (χ3v) is 7.29. The second-order valence-corrected chi connectivity index (χ2v) is 9.04. The summed E-state index contributed by atoms with van der Waals surface area (Å²) in [6.07, 6.45) is 0. The van der Waals surface area contributed by atoms with E-state index in [4.69, 9.17) is 0 Å². The van der Waals surface area contributed by atoms with E-state index in [0.29, 0.717) is 17.5 Å². The first-order chi connectivity index (χ1) is 13.5. The van der Waals surface area contributed by atoms with E-state index in [1.165, 1.54) is 17.8 Å². The third-order valence-electron chi connectivity index (χ3n) is 4.50. The summed E-state index contributed by atoms with van der Waals surface area (Å²) in [5.74, 6) is 0.687. The average molecular weight is 415 g/mol. The molecule has 1 aliphatic heterocycles. The molecular weight excluding hydrogens is 396 g/mol. The van der Waals surface area contributed by atoms with E-state index in [1.807, 2.05) is 41.8 Å². The fourth-order valence-corrected chi connectivity index (χ4v) is 5.76. The maximum atomic E-state index is 12.6. The molecule has 0 atom stereocenters. The lowest BCUT2D eigenvalue weighted by Gasteiger charge is -2.14. The highest BCUT2D eigenvalue weighted by Crippen LogP contribution is 2.31. The van der Waals surface area contributed by atoms with Gasteiger partial charge in [0.15, 0.2) is 11.0 Å². The fraction of sp³-hybridized carbons (Fsp3) is 0.211. The lowest BCUT2D eigenvalue weighted by molar-refractivity contribution is 0.0876. The number of thioether (sulfide) groups is 1. The number of nitrogens with zero attached hydrogens (tertiary/aromatic N) is 4. The minimum atomic E-state index is -3.78. The van der Waals surface area contributed by atoms with Crippen LogP contribution in [-0.4, -0.2) is 45.7 Å². The third kappa shape index (κ3) is 3.10. The van der Waals surface area contributed by atoms with E-state index in [1.54, 1.807) is 18.2 Å². The number of benzene rings is 2. The quantitative estimate of drug-likeness (QED) is 0.577. The highest BCUT2D eigenvalue weighted by atomic mass is 32.2. The molecule has 1 amide bonds. The number of amides is 1. The van der Waals surface area contributed by atoms with Crippen molar-refractivity contribution in [3.05, 3.63) is 60.2 Å². The first-order valence-electron chi connectivity index (χ1n) is 8.81. The number of carbonyl (C=O) groups is 1. The minimum Gasteiger partial charge on any atom is -0.302 e. The van der Waals surface area contributed by atoms with Gasteiger partial charge in [0.05, 0.1) is 5.56 Å². The zero-order chi connectivity index (χ0) is 19.7. The number of aromatic nitrogens is 3. The highest BCUT2D eigenvalue weighted by Gasteiger charge is 2.40. The molecule has 0 saturated heterocycles. The summed E-state index contributed by atoms with van der Waals surface area (Å²) in [7, 11) is -3.78. The lowest BCUT2D eigenvalue weighted by atomic mass is 10.2. The maximum absolute atomic E-state index is 12.6. The molecule has 144 valence electrons. The normalized spacial score (nSPS) is 15.0. The molecule has 7 nitrogen and oxygen atoms in total. The molecule has 0 bridgehead atoms. The minimum absolute atomic E-state index is 0.0769. The first kappa shape index (κ1) is 18.7. The van der Waals surface area contributed by atoms with Crippen LogP contribution >= 0.6 is 11.8 Å². The summed E-state index contributed by atoms with van der Waals surface area (Å²) in [5, 5.41) is 9.22. The van der Waals surface area contributed by atoms with Gasteiger partial charge in [0.2, 0.25) is 0 Å². The summed E-state index contributed by atoms with van der Waals surface area (Å²) in [6, 6.07) is 16.1. The summed E-state index contributed by atoms with van der Waals surface area (Å²) in [5.41, 5.74) is 1.20. The number of fused-ring (bicyclic) bond motifs is 1. The molecule has 9 heteroatoms. The van der Waals surface area contributed by atoms with Gasteiger partial charge in [0.25, 0.3) is 15.9 Å². The first-order valence-corrected chi connectivity index (χ1v) is 11.2. The van der Waals surface area contributed by atoms with Gasteiger partial charge in [-0.15, -0.1) is 10.2 Å². The number of carbonyl (C=O) groups excluding carboxylic acids is 1. The van der Waals surface area contributed by atoms with Crippen molar-refractivity contribution < 1.29 is 13.2 Å². The number of rotatable bonds is 6. The van der Waals surface area contributed by atoms with Gasteiger partial charge in [-0.2, -0.15) is 0 Å². The van der Waals surface area contributed by atoms with Crippen LogP contribution in [0.25, 0.3) is 11.4 Å². The Morgan fingerprint density at radius 2 is 1.71 bits per heavy atom. The van der Waals surface area contributed by atoms with Crippen LogP contribution in [0.1, 0.15) is 17.3 Å². The van der Waals surface area contributed by atoms with Gasteiger partial charge >= 0.3 is 0 Å². The van der Waals surface area contributed by atoms with Crippen LogP contribution in [0.3, 0.4) is 0 Å². The maximum Gasteiger partial charge on any atom is 0.269 e. The van der Waals surface area contributed by atoms with Gasteiger partial charge in [-0.1, -0.05) is 54.2 Å². The van der Waals surface area contributed by atoms with Crippen LogP contribution < -0.4 is 0 Å². The molecule has 2 aromatic carbocycles. The van der Waals surface area contributed by atoms with Crippen molar-refractivity contribution in [3.63, 3.8) is 0 Å². The molecule has 28 heavy (non-hydrogen) atoms. The van der Waals surface area contributed by atoms with Gasteiger partial charge in [-0.3, -0.25) is 4.79 Å². The zero-order valence-corrected chi connectivity index (χ0v) is 16.8. The Morgan fingerprint density at radius 1 is 1.00 bits per heavy atom. The van der Waals surface area contributed by atoms with Crippen molar-refractivity contribution in [2.75, 3.05) is 12.3 Å². The largest absolute Gasteiger partial charge is 0.302 e. The topological polar surface area (TPSA) is 85.2 Å². The van der Waals surface area contributed by atoms with E-state index in [-0.39, 0.29) is 17.0 Å². The van der Waals surface area contributed by atoms with E-state index in [9.17, 15) is 13.2 Å². The Kier molecular flexibility index (Phi) is 4.94. The molecule has 0 saturated carbocycles. The Morgan fingerprint density at radius 3 is 2.43 bits per heavy atom. The van der Waals surface area contributed by atoms with Crippen molar-refractivity contribution in [1.82, 2.24) is 19.1 Å². The Balaban J connectivity index is 1.50. The fourth-order valence-electron chi connectivity index (χ4n) is 3.15. The number of sulfonamides is 1. The van der Waals surface area contributed by atoms with Crippen molar-refractivity contribution in [3.8, 4) is 11.4 Å². The zero-order valence-electron chi connectivity index (χ0n) is 15.1. The molecule has 2 heterocycles. The predicted molar refractivity (Wildman–Crippen MR) is 107 cm³/mol. The molecule has 1 aromatic heterocycles. The summed E-state index contributed by atoms with van der Waals surface area (Å²) >= 11 is 1.39. The summed E-state index contributed by atoms with van der Waals surface area (Å²) < 4.78 is 28.1. The lowest BCUT2D eigenvalue weighted by Crippen LogP contribution is -2.32. The summed E-state index contributed by atoms with van der Waals surface area (Å²) in [6.45, 7) is 2.77. The Hall–Kier alpha value is -2.65. The van der Waals surface area contributed by atoms with Crippen LogP contribution in [-0.2, 0) is 16.6 Å². The number of hydrogen-bond donors (Lipinski definition) is 0.